The van der Waals surface area contributed by atoms with Crippen molar-refractivity contribution >= 4 is 47.4 Å². The Bertz CT molecular complexity index is 1250. The van der Waals surface area contributed by atoms with Gasteiger partial charge in [0.05, 0.1) is 25.6 Å². The Labute approximate surface area is 199 Å². The molecular formula is C26H27N5O3. The van der Waals surface area contributed by atoms with Gasteiger partial charge in [0, 0.05) is 17.8 Å². The van der Waals surface area contributed by atoms with Crippen LogP contribution in [0.2, 0.25) is 0 Å². The van der Waals surface area contributed by atoms with E-state index in [1.54, 1.807) is 26.5 Å². The minimum Gasteiger partial charge on any atom is -0.497 e. The Kier molecular flexibility index (Phi) is 7.76. The molecule has 2 aromatic carbocycles. The zero-order valence-electron chi connectivity index (χ0n) is 19.7. The van der Waals surface area contributed by atoms with Gasteiger partial charge in [-0.2, -0.15) is 4.98 Å². The predicted octanol–water partition coefficient (Wildman–Crippen LogP) is 5.56. The molecule has 0 aliphatic rings. The van der Waals surface area contributed by atoms with E-state index in [4.69, 9.17) is 9.47 Å². The summed E-state index contributed by atoms with van der Waals surface area (Å²) in [5.74, 6) is 1.81. The average molecular weight is 458 g/mol. The van der Waals surface area contributed by atoms with Crippen LogP contribution in [0.3, 0.4) is 0 Å². The van der Waals surface area contributed by atoms with Crippen molar-refractivity contribution in [3.05, 3.63) is 71.9 Å². The first-order valence-corrected chi connectivity index (χ1v) is 10.4. The van der Waals surface area contributed by atoms with Gasteiger partial charge in [0.25, 0.3) is 0 Å². The van der Waals surface area contributed by atoms with Crippen LogP contribution in [0, 0.1) is 6.92 Å². The summed E-state index contributed by atoms with van der Waals surface area (Å²) in [6, 6.07) is 11.2. The molecule has 0 unspecified atom stereocenters. The molecule has 8 nitrogen and oxygen atoms in total. The number of nitrogens with zero attached hydrogens (tertiary/aromatic N) is 3. The van der Waals surface area contributed by atoms with Gasteiger partial charge in [0.2, 0.25) is 11.9 Å². The van der Waals surface area contributed by atoms with Crippen LogP contribution in [0.15, 0.2) is 60.2 Å². The lowest BCUT2D eigenvalue weighted by atomic mass is 10.0. The first kappa shape index (κ1) is 24.2. The second-order valence-corrected chi connectivity index (χ2v) is 7.38. The van der Waals surface area contributed by atoms with E-state index >= 15 is 0 Å². The number of methoxy groups -OCH3 is 2. The highest BCUT2D eigenvalue weighted by Gasteiger charge is 2.12. The van der Waals surface area contributed by atoms with Gasteiger partial charge in [0.15, 0.2) is 5.82 Å². The second-order valence-electron chi connectivity index (χ2n) is 7.38. The van der Waals surface area contributed by atoms with E-state index in [1.165, 1.54) is 6.08 Å². The summed E-state index contributed by atoms with van der Waals surface area (Å²) in [5, 5.41) is 5.96. The molecule has 1 amide bonds. The van der Waals surface area contributed by atoms with Gasteiger partial charge in [-0.3, -0.25) is 4.79 Å². The van der Waals surface area contributed by atoms with E-state index in [9.17, 15) is 4.79 Å². The number of aryl methyl sites for hydroxylation is 1. The molecule has 8 heteroatoms. The Morgan fingerprint density at radius 3 is 2.47 bits per heavy atom. The summed E-state index contributed by atoms with van der Waals surface area (Å²) in [4.78, 5) is 24.8. The summed E-state index contributed by atoms with van der Waals surface area (Å²) in [6.45, 7) is 11.0. The van der Waals surface area contributed by atoms with E-state index in [0.29, 0.717) is 40.2 Å². The second kappa shape index (κ2) is 10.9. The van der Waals surface area contributed by atoms with Crippen molar-refractivity contribution in [3.63, 3.8) is 0 Å². The van der Waals surface area contributed by atoms with Gasteiger partial charge >= 0.3 is 0 Å². The number of nitrogens with one attached hydrogen (secondary N) is 2. The molecule has 3 rings (SSSR count). The molecule has 0 spiro atoms. The topological polar surface area (TPSA) is 97.7 Å². The molecule has 3 aromatic rings. The number of hydrogen-bond acceptors (Lipinski definition) is 7. The molecule has 174 valence electrons. The number of benzene rings is 2. The third-order valence-corrected chi connectivity index (χ3v) is 5.08. The van der Waals surface area contributed by atoms with Gasteiger partial charge in [-0.15, -0.1) is 0 Å². The molecular weight excluding hydrogens is 430 g/mol. The van der Waals surface area contributed by atoms with E-state index < -0.39 is 0 Å². The van der Waals surface area contributed by atoms with Crippen molar-refractivity contribution in [1.82, 2.24) is 9.97 Å². The summed E-state index contributed by atoms with van der Waals surface area (Å²) in [7, 11) is 3.22. The molecule has 0 atom stereocenters. The van der Waals surface area contributed by atoms with E-state index in [0.717, 1.165) is 16.7 Å². The SMILES string of the molecule is C=CC(=O)Nc1cccc(C)c1Nc1ncc(/C=C(\C)c2cc(OC)cc(OC)c2)c(N=C)n1. The Morgan fingerprint density at radius 1 is 1.15 bits per heavy atom. The maximum Gasteiger partial charge on any atom is 0.247 e. The van der Waals surface area contributed by atoms with Crippen LogP contribution in [-0.2, 0) is 4.79 Å². The van der Waals surface area contributed by atoms with Crippen LogP contribution in [0.5, 0.6) is 11.5 Å². The third-order valence-electron chi connectivity index (χ3n) is 5.08. The quantitative estimate of drug-likeness (QED) is 0.322. The molecule has 34 heavy (non-hydrogen) atoms. The van der Waals surface area contributed by atoms with Gasteiger partial charge in [0.1, 0.15) is 11.5 Å². The number of carbonyl (C=O) groups excluding carboxylic acids is 1. The molecule has 0 radical (unpaired) electrons. The van der Waals surface area contributed by atoms with Crippen LogP contribution >= 0.6 is 0 Å². The predicted molar refractivity (Wildman–Crippen MR) is 138 cm³/mol. The lowest BCUT2D eigenvalue weighted by molar-refractivity contribution is -0.111. The maximum atomic E-state index is 11.8. The lowest BCUT2D eigenvalue weighted by Gasteiger charge is -2.14. The number of aromatic nitrogens is 2. The van der Waals surface area contributed by atoms with E-state index in [-0.39, 0.29) is 5.91 Å². The molecule has 0 saturated carbocycles. The van der Waals surface area contributed by atoms with Gasteiger partial charge in [-0.1, -0.05) is 18.7 Å². The Morgan fingerprint density at radius 2 is 1.85 bits per heavy atom. The molecule has 1 heterocycles. The summed E-state index contributed by atoms with van der Waals surface area (Å²) in [6.07, 6.45) is 4.80. The number of anilines is 3. The van der Waals surface area contributed by atoms with Crippen molar-refractivity contribution in [2.45, 2.75) is 13.8 Å². The standard InChI is InChI=1S/C26H27N5O3/c1-7-23(32)29-22-10-8-9-16(2)24(22)30-26-28-15-19(25(27-4)31-26)11-17(3)18-12-20(33-5)14-21(13-18)34-6/h7-15H,1,4H2,2-3,5-6H3,(H,29,32)(H,28,30,31)/b17-11+. The Balaban J connectivity index is 1.94. The minimum atomic E-state index is -0.312. The number of para-hydroxylation sites is 1. The van der Waals surface area contributed by atoms with Gasteiger partial charge < -0.3 is 20.1 Å². The highest BCUT2D eigenvalue weighted by molar-refractivity contribution is 6.01. The fourth-order valence-corrected chi connectivity index (χ4v) is 3.26. The van der Waals surface area contributed by atoms with E-state index in [1.807, 2.05) is 50.3 Å². The minimum absolute atomic E-state index is 0.312. The average Bonchev–Trinajstić information content (AvgIpc) is 2.86. The number of carbonyl (C=O) groups is 1. The van der Waals surface area contributed by atoms with Crippen LogP contribution in [0.1, 0.15) is 23.6 Å². The monoisotopic (exact) mass is 457 g/mol. The van der Waals surface area contributed by atoms with Crippen molar-refractivity contribution in [2.24, 2.45) is 4.99 Å². The highest BCUT2D eigenvalue weighted by Crippen LogP contribution is 2.31. The van der Waals surface area contributed by atoms with Crippen LogP contribution in [0.4, 0.5) is 23.1 Å². The smallest absolute Gasteiger partial charge is 0.247 e. The first-order chi connectivity index (χ1) is 16.4. The number of rotatable bonds is 9. The number of hydrogen-bond donors (Lipinski definition) is 2. The lowest BCUT2D eigenvalue weighted by Crippen LogP contribution is -2.10. The summed E-state index contributed by atoms with van der Waals surface area (Å²) in [5.41, 5.74) is 4.75. The molecule has 0 saturated heterocycles. The summed E-state index contributed by atoms with van der Waals surface area (Å²) < 4.78 is 10.7. The molecule has 0 bridgehead atoms. The largest absolute Gasteiger partial charge is 0.497 e. The highest BCUT2D eigenvalue weighted by atomic mass is 16.5. The Hall–Kier alpha value is -4.46. The molecule has 2 N–H and O–H groups in total. The zero-order valence-corrected chi connectivity index (χ0v) is 19.7. The van der Waals surface area contributed by atoms with Crippen molar-refractivity contribution in [3.8, 4) is 11.5 Å². The fraction of sp³-hybridized carbons (Fsp3) is 0.154. The molecule has 1 aromatic heterocycles. The molecule has 0 fully saturated rings. The number of aliphatic imine (C=N–C) groups is 1. The van der Waals surface area contributed by atoms with Gasteiger partial charge in [-0.25, -0.2) is 9.98 Å². The molecule has 0 aliphatic heterocycles. The summed E-state index contributed by atoms with van der Waals surface area (Å²) >= 11 is 0. The normalized spacial score (nSPS) is 10.9. The zero-order chi connectivity index (χ0) is 24.7. The molecule has 0 aliphatic carbocycles. The number of allylic oxidation sites excluding steroid dienone is 1. The van der Waals surface area contributed by atoms with Crippen LogP contribution < -0.4 is 20.1 Å². The number of ether oxygens (including phenoxy) is 2. The third kappa shape index (κ3) is 5.66. The van der Waals surface area contributed by atoms with Gasteiger partial charge in [-0.05, 0) is 67.6 Å². The van der Waals surface area contributed by atoms with Crippen molar-refractivity contribution in [2.75, 3.05) is 24.9 Å². The maximum absolute atomic E-state index is 11.8. The first-order valence-electron chi connectivity index (χ1n) is 10.4. The van der Waals surface area contributed by atoms with Crippen molar-refractivity contribution < 1.29 is 14.3 Å². The fourth-order valence-electron chi connectivity index (χ4n) is 3.26. The van der Waals surface area contributed by atoms with Crippen LogP contribution in [0.25, 0.3) is 11.6 Å². The van der Waals surface area contributed by atoms with Crippen molar-refractivity contribution in [1.29, 1.82) is 0 Å². The van der Waals surface area contributed by atoms with Crippen LogP contribution in [-0.4, -0.2) is 36.8 Å². The van der Waals surface area contributed by atoms with E-state index in [2.05, 4.69) is 38.9 Å². The number of amides is 1.